The second-order valence-corrected chi connectivity index (χ2v) is 7.44. The number of H-pyrrole nitrogens is 1. The Morgan fingerprint density at radius 3 is 2.38 bits per heavy atom. The summed E-state index contributed by atoms with van der Waals surface area (Å²) in [5.74, 6) is -0.211. The Morgan fingerprint density at radius 1 is 1.00 bits per heavy atom. The molecule has 2 aromatic carbocycles. The molecule has 0 fully saturated rings. The number of ether oxygens (including phenoxy) is 1. The highest BCUT2D eigenvalue weighted by molar-refractivity contribution is 6.06. The van der Waals surface area contributed by atoms with Gasteiger partial charge in [0.1, 0.15) is 0 Å². The van der Waals surface area contributed by atoms with Gasteiger partial charge in [-0.05, 0) is 70.0 Å². The fourth-order valence-electron chi connectivity index (χ4n) is 3.82. The second-order valence-electron chi connectivity index (χ2n) is 7.44. The summed E-state index contributed by atoms with van der Waals surface area (Å²) in [4.78, 5) is 18.0. The molecule has 4 heteroatoms. The molecule has 0 unspecified atom stereocenters. The zero-order chi connectivity index (χ0) is 21.1. The molecule has 0 aliphatic carbocycles. The molecule has 1 N–H and O–H groups in total. The first-order valence-electron chi connectivity index (χ1n) is 9.90. The van der Waals surface area contributed by atoms with Crippen molar-refractivity contribution in [3.63, 3.8) is 0 Å². The topological polar surface area (TPSA) is 55.0 Å². The number of pyridine rings is 1. The van der Waals surface area contributed by atoms with Crippen LogP contribution in [0.1, 0.15) is 36.2 Å². The third kappa shape index (κ3) is 4.32. The molecule has 0 aliphatic heterocycles. The quantitative estimate of drug-likeness (QED) is 0.417. The average Bonchev–Trinajstić information content (AvgIpc) is 2.96. The Labute approximate surface area is 171 Å². The summed E-state index contributed by atoms with van der Waals surface area (Å²) in [7, 11) is 0. The molecule has 2 aromatic heterocycles. The van der Waals surface area contributed by atoms with Crippen molar-refractivity contribution in [3.05, 3.63) is 65.0 Å². The highest BCUT2D eigenvalue weighted by Crippen LogP contribution is 2.37. The number of nitrogens with one attached hydrogen (secondary N) is 1. The fourth-order valence-corrected chi connectivity index (χ4v) is 3.82. The van der Waals surface area contributed by atoms with Crippen molar-refractivity contribution in [2.45, 2.75) is 41.5 Å². The average molecular weight is 389 g/mol. The van der Waals surface area contributed by atoms with Gasteiger partial charge in [0, 0.05) is 40.7 Å². The molecule has 2 heterocycles. The monoisotopic (exact) mass is 388 g/mol. The van der Waals surface area contributed by atoms with Crippen LogP contribution in [0.15, 0.2) is 42.6 Å². The molecular weight excluding hydrogens is 360 g/mol. The van der Waals surface area contributed by atoms with E-state index < -0.39 is 0 Å². The van der Waals surface area contributed by atoms with Gasteiger partial charge in [0.05, 0.1) is 12.1 Å². The number of aryl methyl sites for hydroxylation is 4. The lowest BCUT2D eigenvalue weighted by Crippen LogP contribution is -1.95. The van der Waals surface area contributed by atoms with Gasteiger partial charge in [0.15, 0.2) is 0 Å². The molecular formula is C25H28N2O2. The molecule has 0 atom stereocenters. The number of aromatic amines is 1. The van der Waals surface area contributed by atoms with Crippen molar-refractivity contribution >= 4 is 27.8 Å². The van der Waals surface area contributed by atoms with Crippen LogP contribution in [0.4, 0.5) is 0 Å². The number of carbonyl (C=O) groups is 1. The highest BCUT2D eigenvalue weighted by atomic mass is 16.5. The van der Waals surface area contributed by atoms with E-state index in [9.17, 15) is 4.79 Å². The Balaban J connectivity index is 0.000000353. The third-order valence-electron chi connectivity index (χ3n) is 4.94. The van der Waals surface area contributed by atoms with E-state index >= 15 is 0 Å². The number of nitrogens with zero attached hydrogens (tertiary/aromatic N) is 1. The van der Waals surface area contributed by atoms with Gasteiger partial charge in [0.25, 0.3) is 0 Å². The van der Waals surface area contributed by atoms with Crippen molar-refractivity contribution in [1.29, 1.82) is 0 Å². The van der Waals surface area contributed by atoms with Crippen LogP contribution < -0.4 is 0 Å². The van der Waals surface area contributed by atoms with E-state index in [0.29, 0.717) is 6.61 Å². The lowest BCUT2D eigenvalue weighted by molar-refractivity contribution is -0.140. The summed E-state index contributed by atoms with van der Waals surface area (Å²) in [6.45, 7) is 12.2. The molecule has 0 spiro atoms. The number of hydrogen-bond donors (Lipinski definition) is 1. The van der Waals surface area contributed by atoms with E-state index in [1.165, 1.54) is 56.7 Å². The molecule has 4 nitrogen and oxygen atoms in total. The van der Waals surface area contributed by atoms with Gasteiger partial charge in [-0.3, -0.25) is 9.78 Å². The Morgan fingerprint density at radius 2 is 1.72 bits per heavy atom. The second kappa shape index (κ2) is 8.48. The lowest BCUT2D eigenvalue weighted by Gasteiger charge is -2.10. The van der Waals surface area contributed by atoms with Crippen molar-refractivity contribution in [2.75, 3.05) is 6.61 Å². The highest BCUT2D eigenvalue weighted by Gasteiger charge is 2.14. The van der Waals surface area contributed by atoms with Crippen molar-refractivity contribution in [3.8, 4) is 11.1 Å². The van der Waals surface area contributed by atoms with Gasteiger partial charge >= 0.3 is 5.97 Å². The summed E-state index contributed by atoms with van der Waals surface area (Å²) in [6.07, 6.45) is 1.92. The van der Waals surface area contributed by atoms with E-state index in [2.05, 4.69) is 78.8 Å². The number of fused-ring (bicyclic) bond motifs is 2. The normalized spacial score (nSPS) is 10.7. The molecule has 29 heavy (non-hydrogen) atoms. The number of hydrogen-bond acceptors (Lipinski definition) is 3. The number of rotatable bonds is 2. The summed E-state index contributed by atoms with van der Waals surface area (Å²) in [5.41, 5.74) is 9.83. The molecule has 0 amide bonds. The van der Waals surface area contributed by atoms with Crippen LogP contribution in [0.2, 0.25) is 0 Å². The van der Waals surface area contributed by atoms with Crippen LogP contribution in [-0.2, 0) is 9.53 Å². The van der Waals surface area contributed by atoms with Crippen LogP contribution in [0.5, 0.6) is 0 Å². The molecule has 4 aromatic rings. The smallest absolute Gasteiger partial charge is 0.302 e. The molecule has 0 saturated heterocycles. The van der Waals surface area contributed by atoms with Crippen LogP contribution in [0, 0.1) is 27.7 Å². The standard InChI is InChI=1S/C21H20N2.C4H8O2/c1-12-5-6-19-18(10-12)20(15(4)23-19)16-7-8-22-21-14(3)9-13(2)11-17(16)21;1-3-6-4(2)5/h5-11,23H,1-4H3;3H2,1-2H3. The summed E-state index contributed by atoms with van der Waals surface area (Å²) in [5, 5.41) is 2.52. The van der Waals surface area contributed by atoms with Gasteiger partial charge in [0.2, 0.25) is 0 Å². The van der Waals surface area contributed by atoms with Gasteiger partial charge < -0.3 is 9.72 Å². The fraction of sp³-hybridized carbons (Fsp3) is 0.280. The Hall–Kier alpha value is -3.14. The minimum atomic E-state index is -0.211. The van der Waals surface area contributed by atoms with Gasteiger partial charge in [-0.15, -0.1) is 0 Å². The van der Waals surface area contributed by atoms with Crippen LogP contribution in [0.25, 0.3) is 32.9 Å². The Bertz CT molecular complexity index is 1190. The minimum absolute atomic E-state index is 0.211. The first-order chi connectivity index (χ1) is 13.8. The van der Waals surface area contributed by atoms with Gasteiger partial charge in [-0.25, -0.2) is 0 Å². The van der Waals surface area contributed by atoms with Crippen molar-refractivity contribution in [2.24, 2.45) is 0 Å². The van der Waals surface area contributed by atoms with E-state index in [0.717, 1.165) is 5.52 Å². The maximum absolute atomic E-state index is 9.82. The molecule has 0 aliphatic rings. The third-order valence-corrected chi connectivity index (χ3v) is 4.94. The van der Waals surface area contributed by atoms with Crippen LogP contribution in [0.3, 0.4) is 0 Å². The first-order valence-corrected chi connectivity index (χ1v) is 9.90. The first kappa shape index (κ1) is 20.6. The van der Waals surface area contributed by atoms with Crippen LogP contribution >= 0.6 is 0 Å². The zero-order valence-electron chi connectivity index (χ0n) is 18.0. The number of esters is 1. The number of benzene rings is 2. The number of aromatic nitrogens is 2. The van der Waals surface area contributed by atoms with E-state index in [-0.39, 0.29) is 5.97 Å². The summed E-state index contributed by atoms with van der Waals surface area (Å²) >= 11 is 0. The zero-order valence-corrected chi connectivity index (χ0v) is 18.0. The molecule has 150 valence electrons. The molecule has 0 radical (unpaired) electrons. The lowest BCUT2D eigenvalue weighted by atomic mass is 9.95. The van der Waals surface area contributed by atoms with Gasteiger partial charge in [-0.2, -0.15) is 0 Å². The largest absolute Gasteiger partial charge is 0.466 e. The molecule has 0 bridgehead atoms. The summed E-state index contributed by atoms with van der Waals surface area (Å²) in [6, 6.07) is 13.2. The van der Waals surface area contributed by atoms with Crippen molar-refractivity contribution < 1.29 is 9.53 Å². The minimum Gasteiger partial charge on any atom is -0.466 e. The number of carbonyl (C=O) groups excluding carboxylic acids is 1. The van der Waals surface area contributed by atoms with E-state index in [1.807, 2.05) is 6.20 Å². The Kier molecular flexibility index (Phi) is 6.02. The predicted octanol–water partition coefficient (Wildman–Crippen LogP) is 6.19. The predicted molar refractivity (Wildman–Crippen MR) is 120 cm³/mol. The maximum Gasteiger partial charge on any atom is 0.302 e. The van der Waals surface area contributed by atoms with Crippen molar-refractivity contribution in [1.82, 2.24) is 9.97 Å². The van der Waals surface area contributed by atoms with Crippen LogP contribution in [-0.4, -0.2) is 22.5 Å². The SMILES string of the molecule is CCOC(C)=O.Cc1ccc2[nH]c(C)c(-c3ccnc4c(C)cc(C)cc34)c2c1. The van der Waals surface area contributed by atoms with Gasteiger partial charge in [-0.1, -0.05) is 23.3 Å². The van der Waals surface area contributed by atoms with E-state index in [1.54, 1.807) is 6.92 Å². The molecule has 0 saturated carbocycles. The molecule has 4 rings (SSSR count). The maximum atomic E-state index is 9.82. The summed E-state index contributed by atoms with van der Waals surface area (Å²) < 4.78 is 4.40. The van der Waals surface area contributed by atoms with E-state index in [4.69, 9.17) is 0 Å².